The number of rotatable bonds is 3. The molecule has 2 aliphatic heterocycles. The van der Waals surface area contributed by atoms with E-state index in [1.807, 2.05) is 11.1 Å². The van der Waals surface area contributed by atoms with Crippen LogP contribution in [0.25, 0.3) is 0 Å². The number of amides is 2. The first-order valence-electron chi connectivity index (χ1n) is 6.85. The molecule has 1 fully saturated rings. The van der Waals surface area contributed by atoms with E-state index in [0.29, 0.717) is 0 Å². The molecule has 0 bridgehead atoms. The molecule has 100 valence electrons. The summed E-state index contributed by atoms with van der Waals surface area (Å²) in [6.45, 7) is 3.33. The van der Waals surface area contributed by atoms with Gasteiger partial charge in [-0.25, -0.2) is 9.80 Å². The number of nitrogens with zero attached hydrogens (tertiary/aromatic N) is 2. The van der Waals surface area contributed by atoms with Crippen molar-refractivity contribution >= 4 is 6.03 Å². The molecule has 1 N–H and O–H groups in total. The van der Waals surface area contributed by atoms with Gasteiger partial charge in [-0.3, -0.25) is 5.01 Å². The molecule has 2 heterocycles. The summed E-state index contributed by atoms with van der Waals surface area (Å²) < 4.78 is 0. The summed E-state index contributed by atoms with van der Waals surface area (Å²) in [5.74, 6) is 0. The standard InChI is InChI=1S/C15H19N3O/c19-15-16-8-11-18(15)17-9-6-14(7-10-17)12-13-4-2-1-3-5-13/h1-6H,7-12H2,(H,16,19). The molecule has 1 aromatic rings. The maximum absolute atomic E-state index is 11.6. The molecule has 0 spiro atoms. The highest BCUT2D eigenvalue weighted by Crippen LogP contribution is 2.18. The number of hydrogen-bond acceptors (Lipinski definition) is 2. The molecule has 19 heavy (non-hydrogen) atoms. The molecule has 0 aliphatic carbocycles. The Bertz CT molecular complexity index is 483. The average molecular weight is 257 g/mol. The maximum atomic E-state index is 11.6. The smallest absolute Gasteiger partial charge is 0.332 e. The van der Waals surface area contributed by atoms with E-state index in [1.165, 1.54) is 11.1 Å². The Morgan fingerprint density at radius 1 is 1.16 bits per heavy atom. The summed E-state index contributed by atoms with van der Waals surface area (Å²) in [6, 6.07) is 10.6. The summed E-state index contributed by atoms with van der Waals surface area (Å²) in [6.07, 6.45) is 4.33. The van der Waals surface area contributed by atoms with Gasteiger partial charge in [0.15, 0.2) is 0 Å². The van der Waals surface area contributed by atoms with Crippen LogP contribution in [0.15, 0.2) is 42.0 Å². The van der Waals surface area contributed by atoms with E-state index >= 15 is 0 Å². The fourth-order valence-electron chi connectivity index (χ4n) is 2.67. The highest BCUT2D eigenvalue weighted by molar-refractivity contribution is 5.75. The number of hydrazine groups is 1. The minimum atomic E-state index is 0.0416. The minimum Gasteiger partial charge on any atom is -0.335 e. The van der Waals surface area contributed by atoms with Crippen LogP contribution in [0.5, 0.6) is 0 Å². The van der Waals surface area contributed by atoms with Gasteiger partial charge in [-0.05, 0) is 18.4 Å². The van der Waals surface area contributed by atoms with Crippen molar-refractivity contribution in [1.29, 1.82) is 0 Å². The zero-order valence-electron chi connectivity index (χ0n) is 11.0. The fourth-order valence-corrected chi connectivity index (χ4v) is 2.67. The second-order valence-electron chi connectivity index (χ2n) is 5.04. The van der Waals surface area contributed by atoms with Crippen LogP contribution in [0.4, 0.5) is 4.79 Å². The maximum Gasteiger partial charge on any atom is 0.332 e. The zero-order valence-corrected chi connectivity index (χ0v) is 11.0. The number of hydrogen-bond donors (Lipinski definition) is 1. The van der Waals surface area contributed by atoms with Gasteiger partial charge < -0.3 is 5.32 Å². The van der Waals surface area contributed by atoms with Crippen molar-refractivity contribution in [2.75, 3.05) is 26.2 Å². The molecule has 1 saturated heterocycles. The van der Waals surface area contributed by atoms with E-state index in [4.69, 9.17) is 0 Å². The Morgan fingerprint density at radius 3 is 2.63 bits per heavy atom. The van der Waals surface area contributed by atoms with Crippen LogP contribution in [-0.4, -0.2) is 42.2 Å². The molecule has 0 atom stereocenters. The van der Waals surface area contributed by atoms with Crippen molar-refractivity contribution in [3.8, 4) is 0 Å². The van der Waals surface area contributed by atoms with Gasteiger partial charge in [0.05, 0.1) is 6.54 Å². The van der Waals surface area contributed by atoms with E-state index in [1.54, 1.807) is 0 Å². The highest BCUT2D eigenvalue weighted by atomic mass is 16.2. The van der Waals surface area contributed by atoms with Gasteiger partial charge in [0.1, 0.15) is 0 Å². The van der Waals surface area contributed by atoms with Gasteiger partial charge in [-0.15, -0.1) is 0 Å². The molecule has 2 amide bonds. The predicted molar refractivity (Wildman–Crippen MR) is 74.5 cm³/mol. The predicted octanol–water partition coefficient (Wildman–Crippen LogP) is 1.80. The third kappa shape index (κ3) is 2.79. The summed E-state index contributed by atoms with van der Waals surface area (Å²) in [5.41, 5.74) is 2.84. The Labute approximate surface area is 113 Å². The van der Waals surface area contributed by atoms with Gasteiger partial charge >= 0.3 is 6.03 Å². The minimum absolute atomic E-state index is 0.0416. The van der Waals surface area contributed by atoms with E-state index in [-0.39, 0.29) is 6.03 Å². The van der Waals surface area contributed by atoms with Crippen molar-refractivity contribution in [3.63, 3.8) is 0 Å². The Balaban J connectivity index is 1.59. The first kappa shape index (κ1) is 12.2. The molecule has 4 nitrogen and oxygen atoms in total. The molecule has 0 radical (unpaired) electrons. The summed E-state index contributed by atoms with van der Waals surface area (Å²) in [4.78, 5) is 11.6. The molecule has 2 aliphatic rings. The molecule has 1 aromatic carbocycles. The number of benzene rings is 1. The second-order valence-corrected chi connectivity index (χ2v) is 5.04. The number of urea groups is 1. The van der Waals surface area contributed by atoms with Crippen LogP contribution >= 0.6 is 0 Å². The molecular formula is C15H19N3O. The van der Waals surface area contributed by atoms with E-state index in [2.05, 4.69) is 40.7 Å². The first-order valence-corrected chi connectivity index (χ1v) is 6.85. The average Bonchev–Trinajstić information content (AvgIpc) is 2.87. The van der Waals surface area contributed by atoms with Gasteiger partial charge in [-0.1, -0.05) is 42.0 Å². The Morgan fingerprint density at radius 2 is 2.00 bits per heavy atom. The first-order chi connectivity index (χ1) is 9.33. The van der Waals surface area contributed by atoms with Gasteiger partial charge in [0.2, 0.25) is 0 Å². The summed E-state index contributed by atoms with van der Waals surface area (Å²) in [7, 11) is 0. The molecule has 4 heteroatoms. The lowest BCUT2D eigenvalue weighted by molar-refractivity contribution is 0.0401. The molecule has 3 rings (SSSR count). The van der Waals surface area contributed by atoms with Crippen molar-refractivity contribution < 1.29 is 4.79 Å². The van der Waals surface area contributed by atoms with Crippen LogP contribution in [0.3, 0.4) is 0 Å². The Kier molecular flexibility index (Phi) is 3.51. The second kappa shape index (κ2) is 5.45. The lowest BCUT2D eigenvalue weighted by Crippen LogP contribution is -2.46. The summed E-state index contributed by atoms with van der Waals surface area (Å²) >= 11 is 0. The van der Waals surface area contributed by atoms with Crippen LogP contribution in [0.2, 0.25) is 0 Å². The highest BCUT2D eigenvalue weighted by Gasteiger charge is 2.26. The molecule has 0 saturated carbocycles. The van der Waals surface area contributed by atoms with E-state index in [0.717, 1.165) is 39.0 Å². The van der Waals surface area contributed by atoms with Crippen LogP contribution < -0.4 is 5.32 Å². The lowest BCUT2D eigenvalue weighted by Gasteiger charge is -2.33. The van der Waals surface area contributed by atoms with Gasteiger partial charge in [-0.2, -0.15) is 0 Å². The monoisotopic (exact) mass is 257 g/mol. The largest absolute Gasteiger partial charge is 0.335 e. The number of nitrogens with one attached hydrogen (secondary N) is 1. The zero-order chi connectivity index (χ0) is 13.1. The topological polar surface area (TPSA) is 35.6 Å². The molecule has 0 unspecified atom stereocenters. The van der Waals surface area contributed by atoms with Crippen LogP contribution in [-0.2, 0) is 6.42 Å². The van der Waals surface area contributed by atoms with Crippen molar-refractivity contribution in [3.05, 3.63) is 47.5 Å². The lowest BCUT2D eigenvalue weighted by atomic mass is 10.0. The fraction of sp³-hybridized carbons (Fsp3) is 0.400. The van der Waals surface area contributed by atoms with E-state index in [9.17, 15) is 4.79 Å². The summed E-state index contributed by atoms with van der Waals surface area (Å²) in [5, 5.41) is 6.81. The quantitative estimate of drug-likeness (QED) is 0.838. The van der Waals surface area contributed by atoms with Crippen molar-refractivity contribution in [2.24, 2.45) is 0 Å². The number of carbonyl (C=O) groups excluding carboxylic acids is 1. The third-order valence-electron chi connectivity index (χ3n) is 3.73. The van der Waals surface area contributed by atoms with Crippen LogP contribution in [0, 0.1) is 0 Å². The molecular weight excluding hydrogens is 238 g/mol. The normalized spacial score (nSPS) is 20.3. The molecule has 0 aromatic heterocycles. The van der Waals surface area contributed by atoms with Gasteiger partial charge in [0.25, 0.3) is 0 Å². The van der Waals surface area contributed by atoms with Crippen molar-refractivity contribution in [2.45, 2.75) is 12.8 Å². The third-order valence-corrected chi connectivity index (χ3v) is 3.73. The van der Waals surface area contributed by atoms with Crippen molar-refractivity contribution in [1.82, 2.24) is 15.3 Å². The van der Waals surface area contributed by atoms with E-state index < -0.39 is 0 Å². The SMILES string of the molecule is O=C1NCCN1N1CC=C(Cc2ccccc2)CC1. The van der Waals surface area contributed by atoms with Gasteiger partial charge in [0, 0.05) is 19.6 Å². The Hall–Kier alpha value is -1.81. The number of carbonyl (C=O) groups is 1. The van der Waals surface area contributed by atoms with Crippen LogP contribution in [0.1, 0.15) is 12.0 Å².